The van der Waals surface area contributed by atoms with Gasteiger partial charge in [-0.25, -0.2) is 4.39 Å². The maximum atomic E-state index is 13.0. The molecule has 2 amide bonds. The molecule has 0 bridgehead atoms. The van der Waals surface area contributed by atoms with Crippen LogP contribution in [0.5, 0.6) is 0 Å². The highest BCUT2D eigenvalue weighted by Gasteiger charge is 2.45. The Morgan fingerprint density at radius 3 is 2.13 bits per heavy atom. The largest absolute Gasteiger partial charge is 0.343 e. The third-order valence-electron chi connectivity index (χ3n) is 3.97. The summed E-state index contributed by atoms with van der Waals surface area (Å²) in [6.07, 6.45) is 1.68. The molecule has 1 aliphatic rings. The van der Waals surface area contributed by atoms with Gasteiger partial charge in [-0.05, 0) is 54.8 Å². The van der Waals surface area contributed by atoms with E-state index in [9.17, 15) is 14.0 Å². The van der Waals surface area contributed by atoms with Crippen LogP contribution in [0, 0.1) is 5.82 Å². The topological polar surface area (TPSA) is 58.2 Å². The number of halogens is 1. The molecule has 3 rings (SSSR count). The zero-order valence-electron chi connectivity index (χ0n) is 12.7. The third kappa shape index (κ3) is 3.39. The van der Waals surface area contributed by atoms with E-state index in [4.69, 9.17) is 0 Å². The van der Waals surface area contributed by atoms with Gasteiger partial charge in [0, 0.05) is 18.2 Å². The van der Waals surface area contributed by atoms with Crippen molar-refractivity contribution in [3.05, 3.63) is 65.5 Å². The molecule has 1 fully saturated rings. The fraction of sp³-hybridized carbons (Fsp3) is 0.222. The maximum absolute atomic E-state index is 13.0. The number of benzene rings is 2. The molecule has 0 heterocycles. The Morgan fingerprint density at radius 1 is 1.00 bits per heavy atom. The number of hydrogen-bond acceptors (Lipinski definition) is 2. The Balaban J connectivity index is 1.71. The summed E-state index contributed by atoms with van der Waals surface area (Å²) in [6, 6.07) is 12.9. The monoisotopic (exact) mass is 312 g/mol. The lowest BCUT2D eigenvalue weighted by Gasteiger charge is -2.18. The van der Waals surface area contributed by atoms with Gasteiger partial charge in [0.15, 0.2) is 0 Å². The zero-order valence-corrected chi connectivity index (χ0v) is 12.7. The van der Waals surface area contributed by atoms with Crippen molar-refractivity contribution < 1.29 is 14.0 Å². The number of anilines is 1. The lowest BCUT2D eigenvalue weighted by Crippen LogP contribution is -2.34. The van der Waals surface area contributed by atoms with Crippen molar-refractivity contribution in [1.29, 1.82) is 0 Å². The van der Waals surface area contributed by atoms with E-state index in [2.05, 4.69) is 10.6 Å². The van der Waals surface area contributed by atoms with Crippen LogP contribution in [0.2, 0.25) is 0 Å². The summed E-state index contributed by atoms with van der Waals surface area (Å²) in [5.74, 6) is -0.624. The van der Waals surface area contributed by atoms with Crippen molar-refractivity contribution in [2.45, 2.75) is 25.3 Å². The van der Waals surface area contributed by atoms with Crippen LogP contribution >= 0.6 is 0 Å². The van der Waals surface area contributed by atoms with Gasteiger partial charge in [-0.15, -0.1) is 0 Å². The first-order valence-electron chi connectivity index (χ1n) is 7.45. The molecule has 0 radical (unpaired) electrons. The minimum absolute atomic E-state index is 0.157. The summed E-state index contributed by atoms with van der Waals surface area (Å²) in [7, 11) is 0. The highest BCUT2D eigenvalue weighted by atomic mass is 19.1. The van der Waals surface area contributed by atoms with Crippen LogP contribution in [0.4, 0.5) is 10.1 Å². The van der Waals surface area contributed by atoms with Crippen LogP contribution in [0.15, 0.2) is 48.5 Å². The number of amides is 2. The van der Waals surface area contributed by atoms with E-state index in [1.807, 2.05) is 0 Å². The Hall–Kier alpha value is -2.69. The molecule has 2 aromatic carbocycles. The van der Waals surface area contributed by atoms with E-state index in [0.717, 1.165) is 18.4 Å². The molecule has 5 heteroatoms. The van der Waals surface area contributed by atoms with Gasteiger partial charge in [0.2, 0.25) is 5.91 Å². The van der Waals surface area contributed by atoms with Gasteiger partial charge in [0.1, 0.15) is 5.82 Å². The van der Waals surface area contributed by atoms with Crippen molar-refractivity contribution in [3.63, 3.8) is 0 Å². The molecule has 1 aliphatic carbocycles. The first-order valence-corrected chi connectivity index (χ1v) is 7.45. The van der Waals surface area contributed by atoms with Gasteiger partial charge in [-0.2, -0.15) is 0 Å². The summed E-state index contributed by atoms with van der Waals surface area (Å²) in [4.78, 5) is 23.4. The van der Waals surface area contributed by atoms with Gasteiger partial charge in [-0.3, -0.25) is 9.59 Å². The number of rotatable bonds is 4. The SMILES string of the molecule is CC(=O)Nc1ccc(C(=O)NC2(c3ccc(F)cc3)CC2)cc1. The summed E-state index contributed by atoms with van der Waals surface area (Å²) in [5.41, 5.74) is 1.70. The minimum Gasteiger partial charge on any atom is -0.343 e. The molecule has 118 valence electrons. The number of hydrogen-bond donors (Lipinski definition) is 2. The first kappa shape index (κ1) is 15.2. The van der Waals surface area contributed by atoms with Gasteiger partial charge in [0.25, 0.3) is 5.91 Å². The van der Waals surface area contributed by atoms with Crippen LogP contribution in [0.3, 0.4) is 0 Å². The van der Waals surface area contributed by atoms with Crippen LogP contribution in [0.1, 0.15) is 35.7 Å². The van der Waals surface area contributed by atoms with Crippen molar-refractivity contribution in [1.82, 2.24) is 5.32 Å². The van der Waals surface area contributed by atoms with Crippen molar-refractivity contribution >= 4 is 17.5 Å². The van der Waals surface area contributed by atoms with Crippen LogP contribution < -0.4 is 10.6 Å². The second-order valence-corrected chi connectivity index (χ2v) is 5.80. The molecule has 0 aromatic heterocycles. The van der Waals surface area contributed by atoms with Gasteiger partial charge >= 0.3 is 0 Å². The molecule has 0 spiro atoms. The zero-order chi connectivity index (χ0) is 16.4. The predicted octanol–water partition coefficient (Wildman–Crippen LogP) is 3.20. The van der Waals surface area contributed by atoms with E-state index < -0.39 is 0 Å². The summed E-state index contributed by atoms with van der Waals surface area (Å²) < 4.78 is 13.0. The number of carbonyl (C=O) groups excluding carboxylic acids is 2. The van der Waals surface area contributed by atoms with E-state index >= 15 is 0 Å². The molecule has 2 N–H and O–H groups in total. The van der Waals surface area contributed by atoms with Crippen LogP contribution in [-0.4, -0.2) is 11.8 Å². The summed E-state index contributed by atoms with van der Waals surface area (Å²) in [6.45, 7) is 1.43. The Labute approximate surface area is 133 Å². The summed E-state index contributed by atoms with van der Waals surface area (Å²) >= 11 is 0. The molecule has 4 nitrogen and oxygen atoms in total. The van der Waals surface area contributed by atoms with Gasteiger partial charge in [-0.1, -0.05) is 12.1 Å². The lowest BCUT2D eigenvalue weighted by atomic mass is 10.0. The Kier molecular flexibility index (Phi) is 3.86. The molecule has 23 heavy (non-hydrogen) atoms. The van der Waals surface area contributed by atoms with Crippen molar-refractivity contribution in [2.24, 2.45) is 0 Å². The van der Waals surface area contributed by atoms with Gasteiger partial charge < -0.3 is 10.6 Å². The maximum Gasteiger partial charge on any atom is 0.251 e. The first-order chi connectivity index (χ1) is 11.0. The molecule has 2 aromatic rings. The van der Waals surface area contributed by atoms with Crippen LogP contribution in [-0.2, 0) is 10.3 Å². The molecular weight excluding hydrogens is 295 g/mol. The lowest BCUT2D eigenvalue weighted by molar-refractivity contribution is -0.114. The summed E-state index contributed by atoms with van der Waals surface area (Å²) in [5, 5.41) is 5.69. The molecule has 0 atom stereocenters. The minimum atomic E-state index is -0.388. The second-order valence-electron chi connectivity index (χ2n) is 5.80. The smallest absolute Gasteiger partial charge is 0.251 e. The average molecular weight is 312 g/mol. The molecule has 1 saturated carbocycles. The van der Waals surface area contributed by atoms with E-state index in [0.29, 0.717) is 11.3 Å². The predicted molar refractivity (Wildman–Crippen MR) is 85.5 cm³/mol. The van der Waals surface area contributed by atoms with Crippen molar-refractivity contribution in [2.75, 3.05) is 5.32 Å². The van der Waals surface area contributed by atoms with E-state index in [1.54, 1.807) is 36.4 Å². The normalized spacial score (nSPS) is 14.9. The van der Waals surface area contributed by atoms with Gasteiger partial charge in [0.05, 0.1) is 5.54 Å². The second kappa shape index (κ2) is 5.83. The van der Waals surface area contributed by atoms with E-state index in [1.165, 1.54) is 19.1 Å². The van der Waals surface area contributed by atoms with E-state index in [-0.39, 0.29) is 23.2 Å². The molecule has 0 unspecified atom stereocenters. The standard InChI is InChI=1S/C18H17FN2O2/c1-12(22)20-16-8-2-13(3-9-16)17(23)21-18(10-11-18)14-4-6-15(19)7-5-14/h2-9H,10-11H2,1H3,(H,20,22)(H,21,23). The number of nitrogens with one attached hydrogen (secondary N) is 2. The highest BCUT2D eigenvalue weighted by molar-refractivity contribution is 5.96. The van der Waals surface area contributed by atoms with Crippen LogP contribution in [0.25, 0.3) is 0 Å². The quantitative estimate of drug-likeness (QED) is 0.911. The fourth-order valence-corrected chi connectivity index (χ4v) is 2.58. The van der Waals surface area contributed by atoms with Crippen molar-refractivity contribution in [3.8, 4) is 0 Å². The Bertz CT molecular complexity index is 735. The molecular formula is C18H17FN2O2. The molecule has 0 aliphatic heterocycles. The molecule has 0 saturated heterocycles. The highest BCUT2D eigenvalue weighted by Crippen LogP contribution is 2.45. The third-order valence-corrected chi connectivity index (χ3v) is 3.97. The fourth-order valence-electron chi connectivity index (χ4n) is 2.58. The average Bonchev–Trinajstić information content (AvgIpc) is 3.28. The number of carbonyl (C=O) groups is 2. The Morgan fingerprint density at radius 2 is 1.61 bits per heavy atom.